The van der Waals surface area contributed by atoms with Gasteiger partial charge in [-0.05, 0) is 48.9 Å². The Bertz CT molecular complexity index is 1590. The van der Waals surface area contributed by atoms with Crippen molar-refractivity contribution in [1.82, 2.24) is 20.1 Å². The van der Waals surface area contributed by atoms with Gasteiger partial charge < -0.3 is 5.32 Å². The van der Waals surface area contributed by atoms with Gasteiger partial charge >= 0.3 is 12.4 Å². The van der Waals surface area contributed by atoms with Crippen LogP contribution in [0.3, 0.4) is 0 Å². The molecule has 0 atom stereocenters. The summed E-state index contributed by atoms with van der Waals surface area (Å²) < 4.78 is 80.2. The average molecular weight is 596 g/mol. The third-order valence-corrected chi connectivity index (χ3v) is 6.93. The predicted octanol–water partition coefficient (Wildman–Crippen LogP) is 6.74. The first kappa shape index (κ1) is 29.6. The summed E-state index contributed by atoms with van der Waals surface area (Å²) in [6, 6.07) is 12.7. The lowest BCUT2D eigenvalue weighted by Crippen LogP contribution is -2.25. The maximum atomic E-state index is 13.4. The van der Waals surface area contributed by atoms with Gasteiger partial charge in [0.25, 0.3) is 11.6 Å². The molecule has 1 N–H and O–H groups in total. The monoisotopic (exact) mass is 595 g/mol. The molecule has 3 aromatic carbocycles. The molecule has 0 unspecified atom stereocenters. The Morgan fingerprint density at radius 3 is 2.24 bits per heavy atom. The molecular formula is C26H19F6N5O3S. The number of rotatable bonds is 8. The summed E-state index contributed by atoms with van der Waals surface area (Å²) in [7, 11) is 0. The van der Waals surface area contributed by atoms with Crippen molar-refractivity contribution >= 4 is 23.4 Å². The first-order valence-electron chi connectivity index (χ1n) is 11.7. The van der Waals surface area contributed by atoms with Crippen LogP contribution in [0.2, 0.25) is 0 Å². The molecule has 0 saturated heterocycles. The minimum Gasteiger partial charge on any atom is -0.345 e. The fourth-order valence-electron chi connectivity index (χ4n) is 3.85. The van der Waals surface area contributed by atoms with Crippen LogP contribution in [0, 0.1) is 17.0 Å². The minimum atomic E-state index is -4.65. The van der Waals surface area contributed by atoms with E-state index in [9.17, 15) is 41.3 Å². The van der Waals surface area contributed by atoms with Crippen LogP contribution in [-0.2, 0) is 24.7 Å². The van der Waals surface area contributed by atoms with Crippen LogP contribution in [0.25, 0.3) is 5.69 Å². The van der Waals surface area contributed by atoms with Gasteiger partial charge in [0.2, 0.25) is 0 Å². The van der Waals surface area contributed by atoms with Crippen molar-refractivity contribution in [3.8, 4) is 5.69 Å². The number of nitrogens with one attached hydrogen (secondary N) is 1. The Kier molecular flexibility index (Phi) is 8.37. The van der Waals surface area contributed by atoms with Crippen molar-refractivity contribution in [2.75, 3.05) is 0 Å². The number of amides is 1. The zero-order chi connectivity index (χ0) is 29.9. The summed E-state index contributed by atoms with van der Waals surface area (Å²) in [5.74, 6) is -0.506. The van der Waals surface area contributed by atoms with Gasteiger partial charge in [-0.2, -0.15) is 26.3 Å². The molecule has 4 aromatic rings. The smallest absolute Gasteiger partial charge is 0.345 e. The van der Waals surface area contributed by atoms with Gasteiger partial charge in [0.05, 0.1) is 28.3 Å². The Morgan fingerprint density at radius 1 is 0.951 bits per heavy atom. The van der Waals surface area contributed by atoms with E-state index in [1.807, 2.05) is 0 Å². The van der Waals surface area contributed by atoms with E-state index in [-0.39, 0.29) is 45.8 Å². The zero-order valence-corrected chi connectivity index (χ0v) is 21.8. The van der Waals surface area contributed by atoms with E-state index in [0.717, 1.165) is 36.0 Å². The minimum absolute atomic E-state index is 0.0289. The maximum Gasteiger partial charge on any atom is 0.416 e. The molecule has 1 aromatic heterocycles. The van der Waals surface area contributed by atoms with Crippen molar-refractivity contribution in [1.29, 1.82) is 0 Å². The van der Waals surface area contributed by atoms with E-state index < -0.39 is 34.3 Å². The molecule has 4 rings (SSSR count). The summed E-state index contributed by atoms with van der Waals surface area (Å²) in [4.78, 5) is 23.4. The number of carbonyl (C=O) groups is 1. The molecule has 0 aliphatic rings. The van der Waals surface area contributed by atoms with Crippen LogP contribution >= 0.6 is 11.8 Å². The molecule has 8 nitrogen and oxygen atoms in total. The summed E-state index contributed by atoms with van der Waals surface area (Å²) in [6.45, 7) is 1.11. The third-order valence-electron chi connectivity index (χ3n) is 5.93. The van der Waals surface area contributed by atoms with E-state index >= 15 is 0 Å². The second kappa shape index (κ2) is 11.6. The number of nitro groups is 1. The maximum absolute atomic E-state index is 13.4. The first-order chi connectivity index (χ1) is 19.3. The van der Waals surface area contributed by atoms with Crippen LogP contribution in [0.4, 0.5) is 32.0 Å². The topological polar surface area (TPSA) is 103 Å². The van der Waals surface area contributed by atoms with Crippen molar-refractivity contribution in [3.05, 3.63) is 110 Å². The average Bonchev–Trinajstić information content (AvgIpc) is 3.32. The molecular weight excluding hydrogens is 576 g/mol. The fraction of sp³-hybridized carbons (Fsp3) is 0.192. The van der Waals surface area contributed by atoms with E-state index in [0.29, 0.717) is 5.56 Å². The normalized spacial score (nSPS) is 11.9. The molecule has 1 amide bonds. The lowest BCUT2D eigenvalue weighted by molar-refractivity contribution is -0.385. The van der Waals surface area contributed by atoms with E-state index in [2.05, 4.69) is 15.5 Å². The van der Waals surface area contributed by atoms with Crippen LogP contribution in [0.5, 0.6) is 0 Å². The summed E-state index contributed by atoms with van der Waals surface area (Å²) in [5, 5.41) is 22.0. The SMILES string of the molecule is Cc1c(C(=O)NCc2nnc(SCc3ccc(C(F)(F)F)cc3)n2-c2cccc(C(F)(F)F)c2)cccc1[N+](=O)[O-]. The van der Waals surface area contributed by atoms with Gasteiger partial charge in [0.15, 0.2) is 11.0 Å². The number of hydrogen-bond acceptors (Lipinski definition) is 6. The fourth-order valence-corrected chi connectivity index (χ4v) is 4.78. The number of nitrogens with zero attached hydrogens (tertiary/aromatic N) is 4. The lowest BCUT2D eigenvalue weighted by Gasteiger charge is -2.14. The quantitative estimate of drug-likeness (QED) is 0.105. The summed E-state index contributed by atoms with van der Waals surface area (Å²) >= 11 is 1.02. The third kappa shape index (κ3) is 6.85. The van der Waals surface area contributed by atoms with Gasteiger partial charge in [-0.15, -0.1) is 10.2 Å². The van der Waals surface area contributed by atoms with E-state index in [4.69, 9.17) is 0 Å². The van der Waals surface area contributed by atoms with Gasteiger partial charge in [-0.25, -0.2) is 0 Å². The molecule has 0 bridgehead atoms. The number of benzene rings is 3. The summed E-state index contributed by atoms with van der Waals surface area (Å²) in [6.07, 6.45) is -9.15. The van der Waals surface area contributed by atoms with Crippen molar-refractivity contribution < 1.29 is 36.1 Å². The summed E-state index contributed by atoms with van der Waals surface area (Å²) in [5.41, 5.74) is -1.33. The van der Waals surface area contributed by atoms with Gasteiger partial charge in [0.1, 0.15) is 0 Å². The van der Waals surface area contributed by atoms with Crippen LogP contribution in [0.15, 0.2) is 71.9 Å². The molecule has 0 radical (unpaired) electrons. The van der Waals surface area contributed by atoms with Crippen LogP contribution in [-0.4, -0.2) is 25.6 Å². The largest absolute Gasteiger partial charge is 0.416 e. The predicted molar refractivity (Wildman–Crippen MR) is 136 cm³/mol. The molecule has 214 valence electrons. The number of hydrogen-bond donors (Lipinski definition) is 1. The van der Waals surface area contributed by atoms with Gasteiger partial charge in [-0.3, -0.25) is 19.5 Å². The van der Waals surface area contributed by atoms with Crippen LogP contribution < -0.4 is 5.32 Å². The van der Waals surface area contributed by atoms with E-state index in [1.54, 1.807) is 0 Å². The number of carbonyl (C=O) groups excluding carboxylic acids is 1. The highest BCUT2D eigenvalue weighted by atomic mass is 32.2. The van der Waals surface area contributed by atoms with Crippen molar-refractivity contribution in [3.63, 3.8) is 0 Å². The molecule has 0 aliphatic heterocycles. The van der Waals surface area contributed by atoms with Crippen molar-refractivity contribution in [2.45, 2.75) is 36.7 Å². The highest BCUT2D eigenvalue weighted by Gasteiger charge is 2.31. The highest BCUT2D eigenvalue weighted by Crippen LogP contribution is 2.33. The first-order valence-corrected chi connectivity index (χ1v) is 12.7. The Morgan fingerprint density at radius 2 is 1.61 bits per heavy atom. The number of halogens is 6. The molecule has 0 spiro atoms. The Hall–Kier alpha value is -4.40. The standard InChI is InChI=1S/C26H19F6N5O3S/c1-15-20(6-3-7-21(15)37(39)40)23(38)33-13-22-34-35-24(36(22)19-5-2-4-18(12-19)26(30,31)32)41-14-16-8-10-17(11-9-16)25(27,28)29/h2-12H,13-14H2,1H3,(H,33,38). The van der Waals surface area contributed by atoms with Gasteiger partial charge in [0, 0.05) is 22.9 Å². The molecule has 15 heteroatoms. The molecule has 0 fully saturated rings. The zero-order valence-electron chi connectivity index (χ0n) is 21.0. The number of aromatic nitrogens is 3. The molecule has 41 heavy (non-hydrogen) atoms. The second-order valence-electron chi connectivity index (χ2n) is 8.66. The van der Waals surface area contributed by atoms with Crippen LogP contribution in [0.1, 0.15) is 38.4 Å². The lowest BCUT2D eigenvalue weighted by atomic mass is 10.1. The number of nitro benzene ring substituents is 1. The molecule has 0 saturated carbocycles. The molecule has 1 heterocycles. The van der Waals surface area contributed by atoms with Crippen molar-refractivity contribution in [2.24, 2.45) is 0 Å². The molecule has 0 aliphatic carbocycles. The van der Waals surface area contributed by atoms with E-state index in [1.165, 1.54) is 54.0 Å². The Balaban J connectivity index is 1.63. The Labute approximate surface area is 232 Å². The number of thioether (sulfide) groups is 1. The number of alkyl halides is 6. The second-order valence-corrected chi connectivity index (χ2v) is 9.60. The highest BCUT2D eigenvalue weighted by molar-refractivity contribution is 7.98. The van der Waals surface area contributed by atoms with Gasteiger partial charge in [-0.1, -0.05) is 36.0 Å².